The van der Waals surface area contributed by atoms with Crippen LogP contribution in [-0.4, -0.2) is 22.7 Å². The second-order valence-corrected chi connectivity index (χ2v) is 3.77. The van der Waals surface area contributed by atoms with Gasteiger partial charge in [0, 0.05) is 18.4 Å². The minimum Gasteiger partial charge on any atom is -0.338 e. The molecule has 2 rings (SSSR count). The Balaban J connectivity index is 2.07. The highest BCUT2D eigenvalue weighted by molar-refractivity contribution is 6.43. The molecule has 2 amide bonds. The van der Waals surface area contributed by atoms with Crippen LogP contribution in [0.1, 0.15) is 24.1 Å². The van der Waals surface area contributed by atoms with E-state index >= 15 is 0 Å². The summed E-state index contributed by atoms with van der Waals surface area (Å²) in [6.45, 7) is 3.58. The van der Waals surface area contributed by atoms with E-state index in [1.807, 2.05) is 0 Å². The maximum absolute atomic E-state index is 11.8. The van der Waals surface area contributed by atoms with Crippen LogP contribution >= 0.6 is 0 Å². The summed E-state index contributed by atoms with van der Waals surface area (Å²) in [5.41, 5.74) is 4.03. The first kappa shape index (κ1) is 11.3. The van der Waals surface area contributed by atoms with E-state index in [0.29, 0.717) is 12.3 Å². The lowest BCUT2D eigenvalue weighted by atomic mass is 10.1. The second kappa shape index (κ2) is 4.36. The smallest absolute Gasteiger partial charge is 0.274 e. The van der Waals surface area contributed by atoms with Crippen molar-refractivity contribution in [3.8, 4) is 0 Å². The largest absolute Gasteiger partial charge is 0.338 e. The SMILES string of the molecule is Cc1noc(NC(=O)C2=NNC(=O)CC2)c1C. The fraction of sp³-hybridized carbons (Fsp3) is 0.400. The molecule has 17 heavy (non-hydrogen) atoms. The van der Waals surface area contributed by atoms with Gasteiger partial charge in [0.05, 0.1) is 5.69 Å². The zero-order valence-electron chi connectivity index (χ0n) is 9.53. The molecular formula is C10H12N4O3. The van der Waals surface area contributed by atoms with Crippen molar-refractivity contribution in [1.29, 1.82) is 0 Å². The maximum Gasteiger partial charge on any atom is 0.274 e. The Morgan fingerprint density at radius 1 is 1.41 bits per heavy atom. The minimum absolute atomic E-state index is 0.187. The number of nitrogens with one attached hydrogen (secondary N) is 2. The molecule has 2 heterocycles. The van der Waals surface area contributed by atoms with Crippen molar-refractivity contribution >= 4 is 23.4 Å². The molecule has 0 fully saturated rings. The monoisotopic (exact) mass is 236 g/mol. The number of hydrazone groups is 1. The Labute approximate surface area is 97.2 Å². The molecule has 2 N–H and O–H groups in total. The second-order valence-electron chi connectivity index (χ2n) is 3.77. The van der Waals surface area contributed by atoms with Gasteiger partial charge >= 0.3 is 0 Å². The van der Waals surface area contributed by atoms with Gasteiger partial charge in [0.1, 0.15) is 5.71 Å². The zero-order valence-corrected chi connectivity index (χ0v) is 9.53. The number of aryl methyl sites for hydroxylation is 1. The van der Waals surface area contributed by atoms with Crippen LogP contribution in [0.4, 0.5) is 5.88 Å². The van der Waals surface area contributed by atoms with Gasteiger partial charge < -0.3 is 4.52 Å². The summed E-state index contributed by atoms with van der Waals surface area (Å²) < 4.78 is 4.95. The molecule has 0 atom stereocenters. The van der Waals surface area contributed by atoms with Crippen LogP contribution in [0.3, 0.4) is 0 Å². The molecule has 0 saturated heterocycles. The Kier molecular flexibility index (Phi) is 2.90. The number of carbonyl (C=O) groups excluding carboxylic acids is 2. The molecule has 7 nitrogen and oxygen atoms in total. The molecule has 0 unspecified atom stereocenters. The average Bonchev–Trinajstić information content (AvgIpc) is 2.62. The number of hydrogen-bond acceptors (Lipinski definition) is 5. The van der Waals surface area contributed by atoms with Crippen molar-refractivity contribution < 1.29 is 14.1 Å². The average molecular weight is 236 g/mol. The molecule has 7 heteroatoms. The summed E-state index contributed by atoms with van der Waals surface area (Å²) in [6.07, 6.45) is 0.588. The summed E-state index contributed by atoms with van der Waals surface area (Å²) in [7, 11) is 0. The summed E-state index contributed by atoms with van der Waals surface area (Å²) in [6, 6.07) is 0. The van der Waals surface area contributed by atoms with Crippen molar-refractivity contribution in [1.82, 2.24) is 10.6 Å². The molecule has 1 aromatic heterocycles. The quantitative estimate of drug-likeness (QED) is 0.781. The van der Waals surface area contributed by atoms with Gasteiger partial charge in [-0.25, -0.2) is 5.43 Å². The van der Waals surface area contributed by atoms with Crippen molar-refractivity contribution in [2.75, 3.05) is 5.32 Å². The Morgan fingerprint density at radius 2 is 2.18 bits per heavy atom. The highest BCUT2D eigenvalue weighted by Crippen LogP contribution is 2.17. The van der Waals surface area contributed by atoms with E-state index in [9.17, 15) is 9.59 Å². The number of carbonyl (C=O) groups is 2. The van der Waals surface area contributed by atoms with Crippen molar-refractivity contribution in [3.63, 3.8) is 0 Å². The maximum atomic E-state index is 11.8. The van der Waals surface area contributed by atoms with Crippen molar-refractivity contribution in [3.05, 3.63) is 11.3 Å². The lowest BCUT2D eigenvalue weighted by Gasteiger charge is -2.10. The fourth-order valence-corrected chi connectivity index (χ4v) is 1.35. The van der Waals surface area contributed by atoms with Crippen molar-refractivity contribution in [2.24, 2.45) is 5.10 Å². The molecule has 0 saturated carbocycles. The molecule has 90 valence electrons. The van der Waals surface area contributed by atoms with Gasteiger partial charge in [0.2, 0.25) is 11.8 Å². The topological polar surface area (TPSA) is 96.6 Å². The molecule has 0 bridgehead atoms. The van der Waals surface area contributed by atoms with E-state index in [-0.39, 0.29) is 23.9 Å². The number of anilines is 1. The Bertz CT molecular complexity index is 504. The van der Waals surface area contributed by atoms with E-state index in [2.05, 4.69) is 21.0 Å². The predicted molar refractivity (Wildman–Crippen MR) is 59.4 cm³/mol. The molecule has 0 aromatic carbocycles. The molecular weight excluding hydrogens is 224 g/mol. The predicted octanol–water partition coefficient (Wildman–Crippen LogP) is 0.496. The van der Waals surface area contributed by atoms with E-state index in [1.165, 1.54) is 0 Å². The third-order valence-corrected chi connectivity index (χ3v) is 2.55. The zero-order chi connectivity index (χ0) is 12.4. The molecule has 1 aliphatic rings. The van der Waals surface area contributed by atoms with Gasteiger partial charge in [-0.3, -0.25) is 14.9 Å². The van der Waals surface area contributed by atoms with Crippen molar-refractivity contribution in [2.45, 2.75) is 26.7 Å². The van der Waals surface area contributed by atoms with Crippen LogP contribution in [-0.2, 0) is 9.59 Å². The first-order valence-electron chi connectivity index (χ1n) is 5.17. The van der Waals surface area contributed by atoms with Gasteiger partial charge in [-0.2, -0.15) is 5.10 Å². The van der Waals surface area contributed by atoms with Crippen LogP contribution in [0.5, 0.6) is 0 Å². The van der Waals surface area contributed by atoms with Gasteiger partial charge in [0.15, 0.2) is 0 Å². The number of nitrogens with zero attached hydrogens (tertiary/aromatic N) is 2. The number of amides is 2. The lowest BCUT2D eigenvalue weighted by Crippen LogP contribution is -2.32. The summed E-state index contributed by atoms with van der Waals surface area (Å²) in [4.78, 5) is 22.6. The lowest BCUT2D eigenvalue weighted by molar-refractivity contribution is -0.121. The Hall–Kier alpha value is -2.18. The minimum atomic E-state index is -0.385. The summed E-state index contributed by atoms with van der Waals surface area (Å²) in [5, 5.41) is 9.98. The van der Waals surface area contributed by atoms with E-state index in [1.54, 1.807) is 13.8 Å². The van der Waals surface area contributed by atoms with E-state index < -0.39 is 0 Å². The van der Waals surface area contributed by atoms with Crippen LogP contribution in [0.25, 0.3) is 0 Å². The van der Waals surface area contributed by atoms with Gasteiger partial charge in [-0.15, -0.1) is 0 Å². The number of rotatable bonds is 2. The van der Waals surface area contributed by atoms with Crippen LogP contribution in [0.2, 0.25) is 0 Å². The van der Waals surface area contributed by atoms with Crippen LogP contribution < -0.4 is 10.7 Å². The highest BCUT2D eigenvalue weighted by atomic mass is 16.5. The third-order valence-electron chi connectivity index (χ3n) is 2.55. The van der Waals surface area contributed by atoms with Crippen LogP contribution in [0, 0.1) is 13.8 Å². The first-order valence-corrected chi connectivity index (χ1v) is 5.17. The highest BCUT2D eigenvalue weighted by Gasteiger charge is 2.20. The normalized spacial score (nSPS) is 15.2. The standard InChI is InChI=1S/C10H12N4O3/c1-5-6(2)14-17-10(5)11-9(16)7-3-4-8(15)13-12-7/h3-4H2,1-2H3,(H,11,16)(H,13,15). The van der Waals surface area contributed by atoms with Gasteiger partial charge in [0.25, 0.3) is 5.91 Å². The first-order chi connectivity index (χ1) is 8.08. The Morgan fingerprint density at radius 3 is 2.71 bits per heavy atom. The fourth-order valence-electron chi connectivity index (χ4n) is 1.35. The third kappa shape index (κ3) is 2.32. The van der Waals surface area contributed by atoms with E-state index in [0.717, 1.165) is 11.3 Å². The number of aromatic nitrogens is 1. The molecule has 0 radical (unpaired) electrons. The summed E-state index contributed by atoms with van der Waals surface area (Å²) >= 11 is 0. The summed E-state index contributed by atoms with van der Waals surface area (Å²) in [5.74, 6) is -0.260. The van der Waals surface area contributed by atoms with Gasteiger partial charge in [-0.05, 0) is 13.8 Å². The van der Waals surface area contributed by atoms with E-state index in [4.69, 9.17) is 4.52 Å². The molecule has 1 aliphatic heterocycles. The number of hydrogen-bond donors (Lipinski definition) is 2. The van der Waals surface area contributed by atoms with Crippen LogP contribution in [0.15, 0.2) is 9.62 Å². The molecule has 0 aliphatic carbocycles. The molecule has 0 spiro atoms. The van der Waals surface area contributed by atoms with Gasteiger partial charge in [-0.1, -0.05) is 5.16 Å². The molecule has 1 aromatic rings.